The van der Waals surface area contributed by atoms with E-state index in [1.165, 1.54) is 0 Å². The Hall–Kier alpha value is -0.0800. The van der Waals surface area contributed by atoms with Gasteiger partial charge in [0.2, 0.25) is 0 Å². The SMILES string of the molecule is CCC(C)N.N. The molecule has 2 nitrogen and oxygen atoms in total. The zero-order valence-corrected chi connectivity index (χ0v) is 4.57. The van der Waals surface area contributed by atoms with Gasteiger partial charge in [0.15, 0.2) is 0 Å². The van der Waals surface area contributed by atoms with Crippen LogP contribution >= 0.6 is 0 Å². The van der Waals surface area contributed by atoms with Crippen LogP contribution in [0, 0.1) is 0 Å². The Balaban J connectivity index is 0. The third kappa shape index (κ3) is 9.07. The second-order valence-electron chi connectivity index (χ2n) is 1.39. The fraction of sp³-hybridized carbons (Fsp3) is 1.00. The minimum absolute atomic E-state index is 0. The lowest BCUT2D eigenvalue weighted by Crippen LogP contribution is -2.11. The van der Waals surface area contributed by atoms with Crippen LogP contribution in [0.1, 0.15) is 20.3 Å². The molecule has 0 aromatic rings. The molecule has 0 amide bonds. The summed E-state index contributed by atoms with van der Waals surface area (Å²) in [5.74, 6) is 0. The van der Waals surface area contributed by atoms with Gasteiger partial charge in [-0.25, -0.2) is 0 Å². The summed E-state index contributed by atoms with van der Waals surface area (Å²) in [7, 11) is 0. The van der Waals surface area contributed by atoms with E-state index >= 15 is 0 Å². The summed E-state index contributed by atoms with van der Waals surface area (Å²) >= 11 is 0. The first-order valence-corrected chi connectivity index (χ1v) is 2.03. The smallest absolute Gasteiger partial charge is 0.000781 e. The van der Waals surface area contributed by atoms with E-state index in [0.717, 1.165) is 6.42 Å². The third-order valence-corrected chi connectivity index (χ3v) is 0.644. The summed E-state index contributed by atoms with van der Waals surface area (Å²) in [6.07, 6.45) is 1.08. The lowest BCUT2D eigenvalue weighted by atomic mass is 10.3. The summed E-state index contributed by atoms with van der Waals surface area (Å²) < 4.78 is 0. The monoisotopic (exact) mass is 90.1 g/mol. The molecule has 1 unspecified atom stereocenters. The summed E-state index contributed by atoms with van der Waals surface area (Å²) in [4.78, 5) is 0. The maximum Gasteiger partial charge on any atom is 0.000781 e. The van der Waals surface area contributed by atoms with Gasteiger partial charge in [0, 0.05) is 6.04 Å². The average Bonchev–Trinajstić information content (AvgIpc) is 1.38. The maximum atomic E-state index is 5.29. The highest BCUT2D eigenvalue weighted by atomic mass is 14.6. The molecule has 0 aliphatic carbocycles. The second kappa shape index (κ2) is 4.92. The van der Waals surface area contributed by atoms with Crippen LogP contribution in [0.4, 0.5) is 0 Å². The van der Waals surface area contributed by atoms with Crippen LogP contribution in [-0.2, 0) is 0 Å². The fourth-order valence-corrected chi connectivity index (χ4v) is 0. The molecule has 0 aliphatic rings. The van der Waals surface area contributed by atoms with Crippen molar-refractivity contribution >= 4 is 0 Å². The van der Waals surface area contributed by atoms with Crippen LogP contribution < -0.4 is 11.9 Å². The Morgan fingerprint density at radius 3 is 1.83 bits per heavy atom. The minimum Gasteiger partial charge on any atom is -0.344 e. The number of hydrogen-bond donors (Lipinski definition) is 2. The summed E-state index contributed by atoms with van der Waals surface area (Å²) in [5.41, 5.74) is 5.29. The minimum atomic E-state index is 0. The standard InChI is InChI=1S/C4H11N.H3N/c1-3-4(2)5;/h4H,3,5H2,1-2H3;1H3. The molecule has 0 bridgehead atoms. The molecule has 0 rings (SSSR count). The van der Waals surface area contributed by atoms with E-state index in [9.17, 15) is 0 Å². The Morgan fingerprint density at radius 1 is 1.67 bits per heavy atom. The quantitative estimate of drug-likeness (QED) is 0.502. The molecular formula is C4H14N2. The lowest BCUT2D eigenvalue weighted by Gasteiger charge is -1.91. The molecular weight excluding hydrogens is 76.1 g/mol. The Kier molecular flexibility index (Phi) is 7.65. The number of rotatable bonds is 1. The van der Waals surface area contributed by atoms with Crippen molar-refractivity contribution in [2.45, 2.75) is 26.3 Å². The van der Waals surface area contributed by atoms with Crippen LogP contribution in [0.5, 0.6) is 0 Å². The van der Waals surface area contributed by atoms with E-state index in [0.29, 0.717) is 6.04 Å². The molecule has 0 aromatic heterocycles. The van der Waals surface area contributed by atoms with Crippen LogP contribution in [0.3, 0.4) is 0 Å². The van der Waals surface area contributed by atoms with Crippen LogP contribution in [0.25, 0.3) is 0 Å². The van der Waals surface area contributed by atoms with Crippen molar-refractivity contribution in [1.82, 2.24) is 6.15 Å². The highest BCUT2D eigenvalue weighted by Crippen LogP contribution is 1.77. The molecule has 6 heavy (non-hydrogen) atoms. The fourth-order valence-electron chi connectivity index (χ4n) is 0. The van der Waals surface area contributed by atoms with Gasteiger partial charge in [0.25, 0.3) is 0 Å². The molecule has 0 saturated heterocycles. The zero-order valence-electron chi connectivity index (χ0n) is 4.57. The van der Waals surface area contributed by atoms with Gasteiger partial charge in [0.05, 0.1) is 0 Å². The van der Waals surface area contributed by atoms with Crippen molar-refractivity contribution in [3.05, 3.63) is 0 Å². The predicted octanol–water partition coefficient (Wildman–Crippen LogP) is 0.906. The van der Waals surface area contributed by atoms with Gasteiger partial charge in [-0.15, -0.1) is 0 Å². The molecule has 0 spiro atoms. The summed E-state index contributed by atoms with van der Waals surface area (Å²) in [5, 5.41) is 0. The molecule has 40 valence electrons. The first kappa shape index (κ1) is 9.33. The molecule has 0 aromatic carbocycles. The Morgan fingerprint density at radius 2 is 1.83 bits per heavy atom. The zero-order chi connectivity index (χ0) is 4.28. The van der Waals surface area contributed by atoms with Gasteiger partial charge in [0.1, 0.15) is 0 Å². The Bertz CT molecular complexity index is 19.5. The van der Waals surface area contributed by atoms with Gasteiger partial charge in [-0.2, -0.15) is 0 Å². The van der Waals surface area contributed by atoms with E-state index in [4.69, 9.17) is 5.73 Å². The highest BCUT2D eigenvalue weighted by molar-refractivity contribution is 4.43. The van der Waals surface area contributed by atoms with Gasteiger partial charge >= 0.3 is 0 Å². The van der Waals surface area contributed by atoms with E-state index in [-0.39, 0.29) is 6.15 Å². The second-order valence-corrected chi connectivity index (χ2v) is 1.39. The van der Waals surface area contributed by atoms with Crippen molar-refractivity contribution in [3.8, 4) is 0 Å². The van der Waals surface area contributed by atoms with Crippen molar-refractivity contribution in [3.63, 3.8) is 0 Å². The van der Waals surface area contributed by atoms with Gasteiger partial charge in [-0.3, -0.25) is 0 Å². The molecule has 0 radical (unpaired) electrons. The largest absolute Gasteiger partial charge is 0.344 e. The molecule has 0 fully saturated rings. The first-order valence-electron chi connectivity index (χ1n) is 2.03. The molecule has 2 heteroatoms. The van der Waals surface area contributed by atoms with Crippen molar-refractivity contribution in [2.75, 3.05) is 0 Å². The van der Waals surface area contributed by atoms with Crippen LogP contribution in [0.15, 0.2) is 0 Å². The van der Waals surface area contributed by atoms with Gasteiger partial charge < -0.3 is 11.9 Å². The molecule has 5 N–H and O–H groups in total. The molecule has 0 aliphatic heterocycles. The molecule has 0 saturated carbocycles. The van der Waals surface area contributed by atoms with Crippen LogP contribution in [0.2, 0.25) is 0 Å². The summed E-state index contributed by atoms with van der Waals surface area (Å²) in [6.45, 7) is 4.07. The number of hydrogen-bond acceptors (Lipinski definition) is 2. The molecule has 0 heterocycles. The number of nitrogens with two attached hydrogens (primary N) is 1. The highest BCUT2D eigenvalue weighted by Gasteiger charge is 1.79. The maximum absolute atomic E-state index is 5.29. The topological polar surface area (TPSA) is 61.0 Å². The van der Waals surface area contributed by atoms with E-state index < -0.39 is 0 Å². The van der Waals surface area contributed by atoms with Crippen molar-refractivity contribution < 1.29 is 0 Å². The van der Waals surface area contributed by atoms with Crippen LogP contribution in [-0.4, -0.2) is 6.04 Å². The van der Waals surface area contributed by atoms with E-state index in [1.54, 1.807) is 0 Å². The van der Waals surface area contributed by atoms with Gasteiger partial charge in [-0.1, -0.05) is 6.92 Å². The predicted molar refractivity (Wildman–Crippen MR) is 29.0 cm³/mol. The Labute approximate surface area is 39.3 Å². The summed E-state index contributed by atoms with van der Waals surface area (Å²) in [6, 6.07) is 0.384. The normalized spacial score (nSPS) is 12.5. The average molecular weight is 90.2 g/mol. The van der Waals surface area contributed by atoms with E-state index in [1.807, 2.05) is 6.92 Å². The van der Waals surface area contributed by atoms with Gasteiger partial charge in [-0.05, 0) is 13.3 Å². The first-order chi connectivity index (χ1) is 2.27. The van der Waals surface area contributed by atoms with Crippen molar-refractivity contribution in [2.24, 2.45) is 5.73 Å². The third-order valence-electron chi connectivity index (χ3n) is 0.644. The van der Waals surface area contributed by atoms with Crippen molar-refractivity contribution in [1.29, 1.82) is 0 Å². The lowest BCUT2D eigenvalue weighted by molar-refractivity contribution is 0.715. The molecule has 1 atom stereocenters. The van der Waals surface area contributed by atoms with E-state index in [2.05, 4.69) is 6.92 Å².